The number of pyridine rings is 1. The summed E-state index contributed by atoms with van der Waals surface area (Å²) in [5.74, 6) is 0. The maximum atomic E-state index is 6.84. The van der Waals surface area contributed by atoms with Crippen LogP contribution >= 0.6 is 11.3 Å². The normalized spacial score (nSPS) is 12.7. The summed E-state index contributed by atoms with van der Waals surface area (Å²) in [7, 11) is -1.68. The lowest BCUT2D eigenvalue weighted by Crippen LogP contribution is -2.43. The maximum absolute atomic E-state index is 6.84. The molecule has 0 bridgehead atoms. The smallest absolute Gasteiger partial charge is 0.193 e. The van der Waals surface area contributed by atoms with E-state index in [9.17, 15) is 0 Å². The van der Waals surface area contributed by atoms with Crippen molar-refractivity contribution in [2.75, 3.05) is 0 Å². The van der Waals surface area contributed by atoms with Gasteiger partial charge in [0.2, 0.25) is 0 Å². The highest BCUT2D eigenvalue weighted by atomic mass is 32.1. The Morgan fingerprint density at radius 3 is 2.46 bits per heavy atom. The second-order valence-corrected chi connectivity index (χ2v) is 13.0. The van der Waals surface area contributed by atoms with Gasteiger partial charge in [0.1, 0.15) is 0 Å². The molecule has 0 spiro atoms. The molecule has 0 aliphatic rings. The van der Waals surface area contributed by atoms with Crippen LogP contribution in [0.25, 0.3) is 21.3 Å². The summed E-state index contributed by atoms with van der Waals surface area (Å²) < 4.78 is 8.14. The van der Waals surface area contributed by atoms with Gasteiger partial charge in [0.05, 0.1) is 11.3 Å². The lowest BCUT2D eigenvalue weighted by atomic mass is 9.97. The van der Waals surface area contributed by atoms with Crippen LogP contribution in [0.3, 0.4) is 0 Å². The first-order chi connectivity index (χ1) is 12.4. The lowest BCUT2D eigenvalue weighted by Gasteiger charge is -2.38. The summed E-state index contributed by atoms with van der Waals surface area (Å²) in [4.78, 5) is 4.67. The van der Waals surface area contributed by atoms with Crippen LogP contribution in [-0.2, 0) is 10.0 Å². The van der Waals surface area contributed by atoms with E-state index in [2.05, 4.69) is 81.4 Å². The first kappa shape index (κ1) is 19.3. The minimum atomic E-state index is -1.68. The predicted octanol–water partition coefficient (Wildman–Crippen LogP) is 7.22. The van der Waals surface area contributed by atoms with Crippen LogP contribution in [0.1, 0.15) is 40.2 Å². The van der Waals surface area contributed by atoms with Gasteiger partial charge in [-0.05, 0) is 66.5 Å². The zero-order valence-corrected chi connectivity index (χ0v) is 18.3. The van der Waals surface area contributed by atoms with E-state index in [4.69, 9.17) is 4.43 Å². The molecular weight excluding hydrogens is 354 g/mol. The molecule has 138 valence electrons. The van der Waals surface area contributed by atoms with E-state index in [1.807, 2.05) is 6.20 Å². The van der Waals surface area contributed by atoms with E-state index < -0.39 is 8.32 Å². The summed E-state index contributed by atoms with van der Waals surface area (Å²) >= 11 is 1.78. The second-order valence-electron chi connectivity index (χ2n) is 7.43. The third-order valence-corrected chi connectivity index (χ3v) is 11.4. The number of thiophene rings is 1. The average Bonchev–Trinajstić information content (AvgIpc) is 3.15. The van der Waals surface area contributed by atoms with Crippen LogP contribution in [0.2, 0.25) is 18.1 Å². The van der Waals surface area contributed by atoms with Crippen LogP contribution in [0.15, 0.2) is 48.0 Å². The van der Waals surface area contributed by atoms with Crippen LogP contribution in [-0.4, -0.2) is 13.3 Å². The van der Waals surface area contributed by atoms with E-state index in [0.29, 0.717) is 0 Å². The summed E-state index contributed by atoms with van der Waals surface area (Å²) in [6, 6.07) is 16.4. The van der Waals surface area contributed by atoms with Crippen molar-refractivity contribution in [3.05, 3.63) is 53.5 Å². The second kappa shape index (κ2) is 7.63. The summed E-state index contributed by atoms with van der Waals surface area (Å²) in [5.41, 5.74) is 3.15. The quantitative estimate of drug-likeness (QED) is 0.402. The highest BCUT2D eigenvalue weighted by Gasteiger charge is 2.36. The Labute approximate surface area is 162 Å². The van der Waals surface area contributed by atoms with Gasteiger partial charge in [-0.2, -0.15) is 0 Å². The summed E-state index contributed by atoms with van der Waals surface area (Å²) in [5, 5.41) is 3.43. The number of hydrogen-bond donors (Lipinski definition) is 0. The van der Waals surface area contributed by atoms with Gasteiger partial charge < -0.3 is 4.43 Å². The molecule has 0 aliphatic carbocycles. The molecule has 0 unspecified atom stereocenters. The van der Waals surface area contributed by atoms with Crippen LogP contribution in [0, 0.1) is 0 Å². The van der Waals surface area contributed by atoms with Gasteiger partial charge in [-0.3, -0.25) is 4.98 Å². The molecule has 0 fully saturated rings. The Kier molecular flexibility index (Phi) is 5.66. The monoisotopic (exact) mass is 383 g/mol. The van der Waals surface area contributed by atoms with Gasteiger partial charge >= 0.3 is 0 Å². The largest absolute Gasteiger partial charge is 0.408 e. The number of rotatable bonds is 7. The van der Waals surface area contributed by atoms with Gasteiger partial charge in [-0.15, -0.1) is 11.3 Å². The maximum Gasteiger partial charge on any atom is 0.193 e. The van der Waals surface area contributed by atoms with Crippen molar-refractivity contribution in [3.63, 3.8) is 0 Å². The minimum absolute atomic E-state index is 0.296. The van der Waals surface area contributed by atoms with Gasteiger partial charge in [-0.25, -0.2) is 0 Å². The first-order valence-electron chi connectivity index (χ1n) is 9.58. The standard InChI is InChI=1S/C22H29NOSSi/c1-6-26(7-2,8-3)24-22(4,5)18-12-14-23-20(16-18)19-11-9-10-17-13-15-25-21(17)19/h9-16H,6-8H2,1-5H3. The van der Waals surface area contributed by atoms with E-state index in [-0.39, 0.29) is 5.60 Å². The third-order valence-electron chi connectivity index (χ3n) is 5.61. The molecule has 2 aromatic heterocycles. The molecule has 3 aromatic rings. The average molecular weight is 384 g/mol. The Balaban J connectivity index is 2.00. The number of nitrogens with zero attached hydrogens (tertiary/aromatic N) is 1. The Morgan fingerprint density at radius 2 is 1.77 bits per heavy atom. The molecule has 0 N–H and O–H groups in total. The van der Waals surface area contributed by atoms with Gasteiger partial charge in [0.15, 0.2) is 8.32 Å². The Hall–Kier alpha value is -1.49. The molecule has 0 radical (unpaired) electrons. The molecule has 0 atom stereocenters. The lowest BCUT2D eigenvalue weighted by molar-refractivity contribution is 0.0940. The van der Waals surface area contributed by atoms with Crippen molar-refractivity contribution in [1.82, 2.24) is 4.98 Å². The number of aromatic nitrogens is 1. The highest BCUT2D eigenvalue weighted by Crippen LogP contribution is 2.37. The fraction of sp³-hybridized carbons (Fsp3) is 0.409. The number of benzene rings is 1. The molecule has 3 rings (SSSR count). The van der Waals surface area contributed by atoms with Crippen molar-refractivity contribution in [3.8, 4) is 11.3 Å². The Morgan fingerprint density at radius 1 is 1.04 bits per heavy atom. The van der Waals surface area contributed by atoms with E-state index in [0.717, 1.165) is 23.8 Å². The molecule has 0 saturated carbocycles. The third kappa shape index (κ3) is 3.64. The fourth-order valence-corrected chi connectivity index (χ4v) is 7.77. The van der Waals surface area contributed by atoms with Crippen LogP contribution in [0.5, 0.6) is 0 Å². The SMILES string of the molecule is CC[Si](CC)(CC)OC(C)(C)c1ccnc(-c2cccc3ccsc23)c1. The summed E-state index contributed by atoms with van der Waals surface area (Å²) in [6.07, 6.45) is 1.93. The van der Waals surface area contributed by atoms with Crippen molar-refractivity contribution in [2.45, 2.75) is 58.4 Å². The molecule has 0 amide bonds. The van der Waals surface area contributed by atoms with E-state index >= 15 is 0 Å². The topological polar surface area (TPSA) is 22.1 Å². The molecule has 2 nitrogen and oxygen atoms in total. The van der Waals surface area contributed by atoms with E-state index in [1.165, 1.54) is 21.2 Å². The predicted molar refractivity (Wildman–Crippen MR) is 116 cm³/mol. The molecular formula is C22H29NOSSi. The number of fused-ring (bicyclic) bond motifs is 1. The van der Waals surface area contributed by atoms with Gasteiger partial charge in [0.25, 0.3) is 0 Å². The zero-order valence-electron chi connectivity index (χ0n) is 16.5. The van der Waals surface area contributed by atoms with Gasteiger partial charge in [-0.1, -0.05) is 39.0 Å². The minimum Gasteiger partial charge on any atom is -0.408 e. The first-order valence-corrected chi connectivity index (χ1v) is 13.0. The zero-order chi connectivity index (χ0) is 18.8. The molecule has 0 aliphatic heterocycles. The molecule has 4 heteroatoms. The van der Waals surface area contributed by atoms with Crippen molar-refractivity contribution >= 4 is 29.7 Å². The van der Waals surface area contributed by atoms with Crippen molar-refractivity contribution < 1.29 is 4.43 Å². The molecule has 1 aromatic carbocycles. The van der Waals surface area contributed by atoms with Crippen molar-refractivity contribution in [2.24, 2.45) is 0 Å². The van der Waals surface area contributed by atoms with E-state index in [1.54, 1.807) is 11.3 Å². The molecule has 2 heterocycles. The molecule has 0 saturated heterocycles. The van der Waals surface area contributed by atoms with Crippen LogP contribution in [0.4, 0.5) is 0 Å². The molecule has 26 heavy (non-hydrogen) atoms. The fourth-order valence-electron chi connectivity index (χ4n) is 3.71. The summed E-state index contributed by atoms with van der Waals surface area (Å²) in [6.45, 7) is 11.3. The van der Waals surface area contributed by atoms with Crippen molar-refractivity contribution in [1.29, 1.82) is 0 Å². The number of hydrogen-bond acceptors (Lipinski definition) is 3. The highest BCUT2D eigenvalue weighted by molar-refractivity contribution is 7.17. The Bertz CT molecular complexity index is 874. The van der Waals surface area contributed by atoms with Crippen LogP contribution < -0.4 is 0 Å². The van der Waals surface area contributed by atoms with Gasteiger partial charge in [0, 0.05) is 16.5 Å².